The lowest BCUT2D eigenvalue weighted by Crippen LogP contribution is -2.45. The normalized spacial score (nSPS) is 24.6. The van der Waals surface area contributed by atoms with Gasteiger partial charge in [-0.05, 0) is 19.8 Å². The fourth-order valence-electron chi connectivity index (χ4n) is 2.26. The molecule has 1 fully saturated rings. The summed E-state index contributed by atoms with van der Waals surface area (Å²) < 4.78 is 5.25. The highest BCUT2D eigenvalue weighted by atomic mass is 16.4. The number of carbonyl (C=O) groups is 1. The molecule has 17 heavy (non-hydrogen) atoms. The molecule has 0 aromatic carbocycles. The summed E-state index contributed by atoms with van der Waals surface area (Å²) in [6.45, 7) is 3.45. The smallest absolute Gasteiger partial charge is 0.289 e. The lowest BCUT2D eigenvalue weighted by atomic mass is 9.92. The Morgan fingerprint density at radius 2 is 2.12 bits per heavy atom. The Bertz CT molecular complexity index is 414. The van der Waals surface area contributed by atoms with E-state index in [1.54, 1.807) is 13.8 Å². The number of rotatable bonds is 2. The number of aromatic nitrogens is 1. The molecule has 0 bridgehead atoms. The first-order valence-corrected chi connectivity index (χ1v) is 6.01. The van der Waals surface area contributed by atoms with E-state index in [2.05, 4.69) is 10.3 Å². The van der Waals surface area contributed by atoms with Crippen LogP contribution in [-0.2, 0) is 0 Å². The van der Waals surface area contributed by atoms with Crippen LogP contribution in [0.1, 0.15) is 47.8 Å². The van der Waals surface area contributed by atoms with Gasteiger partial charge in [0.1, 0.15) is 0 Å². The maximum absolute atomic E-state index is 11.9. The van der Waals surface area contributed by atoms with Gasteiger partial charge in [0, 0.05) is 6.92 Å². The van der Waals surface area contributed by atoms with E-state index in [4.69, 9.17) is 4.42 Å². The molecule has 5 heteroatoms. The van der Waals surface area contributed by atoms with Crippen molar-refractivity contribution in [2.45, 2.75) is 51.7 Å². The van der Waals surface area contributed by atoms with Crippen LogP contribution in [0.25, 0.3) is 0 Å². The second kappa shape index (κ2) is 4.87. The zero-order chi connectivity index (χ0) is 12.4. The van der Waals surface area contributed by atoms with Gasteiger partial charge in [-0.3, -0.25) is 4.79 Å². The van der Waals surface area contributed by atoms with Crippen molar-refractivity contribution < 1.29 is 14.3 Å². The molecule has 1 saturated carbocycles. The molecule has 1 aromatic rings. The van der Waals surface area contributed by atoms with Gasteiger partial charge in [-0.1, -0.05) is 12.8 Å². The number of aliphatic hydroxyl groups is 1. The summed E-state index contributed by atoms with van der Waals surface area (Å²) in [4.78, 5) is 16.0. The van der Waals surface area contributed by atoms with Crippen LogP contribution in [0.2, 0.25) is 0 Å². The molecule has 1 aliphatic carbocycles. The van der Waals surface area contributed by atoms with E-state index in [0.29, 0.717) is 11.6 Å². The maximum atomic E-state index is 11.9. The second-order valence-electron chi connectivity index (χ2n) is 4.58. The van der Waals surface area contributed by atoms with Crippen LogP contribution in [0.4, 0.5) is 0 Å². The summed E-state index contributed by atoms with van der Waals surface area (Å²) in [7, 11) is 0. The summed E-state index contributed by atoms with van der Waals surface area (Å²) in [5.74, 6) is 0.450. The van der Waals surface area contributed by atoms with Crippen molar-refractivity contribution in [2.24, 2.45) is 0 Å². The minimum absolute atomic E-state index is 0.166. The third-order valence-corrected chi connectivity index (χ3v) is 3.16. The Morgan fingerprint density at radius 3 is 2.71 bits per heavy atom. The first kappa shape index (κ1) is 12.1. The van der Waals surface area contributed by atoms with Crippen molar-refractivity contribution in [1.29, 1.82) is 0 Å². The van der Waals surface area contributed by atoms with Gasteiger partial charge in [0.2, 0.25) is 5.76 Å². The van der Waals surface area contributed by atoms with Crippen molar-refractivity contribution >= 4 is 5.91 Å². The van der Waals surface area contributed by atoms with Crippen molar-refractivity contribution in [2.75, 3.05) is 0 Å². The number of carbonyl (C=O) groups excluding carboxylic acids is 1. The van der Waals surface area contributed by atoms with Gasteiger partial charge in [0.05, 0.1) is 17.8 Å². The SMILES string of the molecule is Cc1nc(C)c(C(=O)N[C@H]2CCCC[C@@H]2O)o1. The lowest BCUT2D eigenvalue weighted by molar-refractivity contribution is 0.0696. The van der Waals surface area contributed by atoms with Gasteiger partial charge in [0.25, 0.3) is 5.91 Å². The molecule has 2 atom stereocenters. The number of amides is 1. The van der Waals surface area contributed by atoms with Gasteiger partial charge < -0.3 is 14.8 Å². The van der Waals surface area contributed by atoms with Crippen LogP contribution in [0.3, 0.4) is 0 Å². The summed E-state index contributed by atoms with van der Waals surface area (Å²) >= 11 is 0. The molecule has 1 heterocycles. The number of oxazole rings is 1. The van der Waals surface area contributed by atoms with E-state index in [1.807, 2.05) is 0 Å². The predicted octanol–water partition coefficient (Wildman–Crippen LogP) is 1.32. The average molecular weight is 238 g/mol. The largest absolute Gasteiger partial charge is 0.436 e. The third kappa shape index (κ3) is 2.66. The number of hydrogen-bond donors (Lipinski definition) is 2. The summed E-state index contributed by atoms with van der Waals surface area (Å²) in [5.41, 5.74) is 0.588. The Kier molecular flexibility index (Phi) is 3.47. The van der Waals surface area contributed by atoms with Crippen molar-refractivity contribution in [3.63, 3.8) is 0 Å². The fraction of sp³-hybridized carbons (Fsp3) is 0.667. The fourth-order valence-corrected chi connectivity index (χ4v) is 2.26. The number of nitrogens with zero attached hydrogens (tertiary/aromatic N) is 1. The molecule has 94 valence electrons. The Hall–Kier alpha value is -1.36. The maximum Gasteiger partial charge on any atom is 0.289 e. The third-order valence-electron chi connectivity index (χ3n) is 3.16. The Balaban J connectivity index is 2.03. The van der Waals surface area contributed by atoms with E-state index in [0.717, 1.165) is 25.7 Å². The molecular weight excluding hydrogens is 220 g/mol. The molecule has 0 aliphatic heterocycles. The highest BCUT2D eigenvalue weighted by molar-refractivity contribution is 5.92. The Morgan fingerprint density at radius 1 is 1.41 bits per heavy atom. The van der Waals surface area contributed by atoms with Crippen LogP contribution in [0.5, 0.6) is 0 Å². The highest BCUT2D eigenvalue weighted by Crippen LogP contribution is 2.19. The monoisotopic (exact) mass is 238 g/mol. The zero-order valence-electron chi connectivity index (χ0n) is 10.2. The average Bonchev–Trinajstić information content (AvgIpc) is 2.61. The van der Waals surface area contributed by atoms with Gasteiger partial charge in [-0.2, -0.15) is 0 Å². The minimum atomic E-state index is -0.447. The molecule has 0 saturated heterocycles. The number of hydrogen-bond acceptors (Lipinski definition) is 4. The van der Waals surface area contributed by atoms with Gasteiger partial charge in [-0.25, -0.2) is 4.98 Å². The molecule has 2 N–H and O–H groups in total. The minimum Gasteiger partial charge on any atom is -0.436 e. The number of aryl methyl sites for hydroxylation is 2. The van der Waals surface area contributed by atoms with Crippen molar-refractivity contribution in [3.8, 4) is 0 Å². The predicted molar refractivity (Wildman–Crippen MR) is 61.7 cm³/mol. The van der Waals surface area contributed by atoms with Crippen molar-refractivity contribution in [3.05, 3.63) is 17.3 Å². The second-order valence-corrected chi connectivity index (χ2v) is 4.58. The molecular formula is C12H18N2O3. The molecule has 0 unspecified atom stereocenters. The van der Waals surface area contributed by atoms with E-state index in [9.17, 15) is 9.90 Å². The number of aliphatic hydroxyl groups excluding tert-OH is 1. The van der Waals surface area contributed by atoms with E-state index >= 15 is 0 Å². The van der Waals surface area contributed by atoms with Crippen LogP contribution in [0.15, 0.2) is 4.42 Å². The van der Waals surface area contributed by atoms with Crippen LogP contribution < -0.4 is 5.32 Å². The van der Waals surface area contributed by atoms with Gasteiger partial charge >= 0.3 is 0 Å². The lowest BCUT2D eigenvalue weighted by Gasteiger charge is -2.27. The molecule has 1 aromatic heterocycles. The first-order chi connectivity index (χ1) is 8.08. The molecule has 2 rings (SSSR count). The van der Waals surface area contributed by atoms with Crippen molar-refractivity contribution in [1.82, 2.24) is 10.3 Å². The first-order valence-electron chi connectivity index (χ1n) is 6.01. The molecule has 0 radical (unpaired) electrons. The highest BCUT2D eigenvalue weighted by Gasteiger charge is 2.26. The van der Waals surface area contributed by atoms with Crippen LogP contribution in [-0.4, -0.2) is 28.1 Å². The zero-order valence-corrected chi connectivity index (χ0v) is 10.2. The number of nitrogens with one attached hydrogen (secondary N) is 1. The molecule has 5 nitrogen and oxygen atoms in total. The Labute approximate surface area is 100 Å². The standard InChI is InChI=1S/C12H18N2O3/c1-7-11(17-8(2)13-7)12(16)14-9-5-3-4-6-10(9)15/h9-10,15H,3-6H2,1-2H3,(H,14,16)/t9-,10-/m0/s1. The van der Waals surface area contributed by atoms with E-state index < -0.39 is 6.10 Å². The summed E-state index contributed by atoms with van der Waals surface area (Å²) in [6.07, 6.45) is 3.18. The van der Waals surface area contributed by atoms with Gasteiger partial charge in [-0.15, -0.1) is 0 Å². The molecule has 0 spiro atoms. The summed E-state index contributed by atoms with van der Waals surface area (Å²) in [6, 6.07) is -0.166. The van der Waals surface area contributed by atoms with Crippen LogP contribution >= 0.6 is 0 Å². The van der Waals surface area contributed by atoms with E-state index in [-0.39, 0.29) is 17.7 Å². The van der Waals surface area contributed by atoms with Gasteiger partial charge in [0.15, 0.2) is 5.89 Å². The summed E-state index contributed by atoms with van der Waals surface area (Å²) in [5, 5.41) is 12.6. The van der Waals surface area contributed by atoms with E-state index in [1.165, 1.54) is 0 Å². The molecule has 1 amide bonds. The quantitative estimate of drug-likeness (QED) is 0.815. The molecule has 1 aliphatic rings. The topological polar surface area (TPSA) is 75.4 Å². The van der Waals surface area contributed by atoms with Crippen LogP contribution in [0, 0.1) is 13.8 Å².